The van der Waals surface area contributed by atoms with Crippen molar-refractivity contribution in [2.75, 3.05) is 7.11 Å². The maximum atomic E-state index is 11.6. The number of nitrogens with one attached hydrogen (secondary N) is 1. The van der Waals surface area contributed by atoms with E-state index in [2.05, 4.69) is 28.2 Å². The first kappa shape index (κ1) is 20.1. The second-order valence-electron chi connectivity index (χ2n) is 7.59. The minimum Gasteiger partial charge on any atom is -0.468 e. The number of pyridine rings is 1. The highest BCUT2D eigenvalue weighted by molar-refractivity contribution is 7.03. The molecule has 0 unspecified atom stereocenters. The Bertz CT molecular complexity index is 1510. The predicted octanol–water partition coefficient (Wildman–Crippen LogP) is 4.83. The Morgan fingerprint density at radius 1 is 0.938 bits per heavy atom. The van der Waals surface area contributed by atoms with Gasteiger partial charge in [-0.3, -0.25) is 9.78 Å². The molecule has 1 N–H and O–H groups in total. The lowest BCUT2D eigenvalue weighted by molar-refractivity contribution is 0.375. The first-order valence-corrected chi connectivity index (χ1v) is 10.9. The normalized spacial score (nSPS) is 11.2. The van der Waals surface area contributed by atoms with Crippen LogP contribution >= 0.6 is 11.5 Å². The molecule has 0 aliphatic heterocycles. The molecule has 0 aliphatic carbocycles. The summed E-state index contributed by atoms with van der Waals surface area (Å²) in [7, 11) is 1.62. The number of aromatic amines is 1. The fraction of sp³-hybridized carbons (Fsp3) is 0.167. The van der Waals surface area contributed by atoms with Crippen LogP contribution in [0.1, 0.15) is 16.8 Å². The molecule has 32 heavy (non-hydrogen) atoms. The van der Waals surface area contributed by atoms with Crippen LogP contribution in [-0.2, 0) is 0 Å². The molecule has 0 saturated heterocycles. The van der Waals surface area contributed by atoms with E-state index in [0.717, 1.165) is 61.9 Å². The van der Waals surface area contributed by atoms with Crippen LogP contribution in [0, 0.1) is 20.8 Å². The Morgan fingerprint density at radius 2 is 1.66 bits per heavy atom. The van der Waals surface area contributed by atoms with Crippen molar-refractivity contribution < 1.29 is 4.74 Å². The third-order valence-corrected chi connectivity index (χ3v) is 6.34. The van der Waals surface area contributed by atoms with Crippen molar-refractivity contribution in [2.45, 2.75) is 20.8 Å². The first-order valence-electron chi connectivity index (χ1n) is 10.1. The van der Waals surface area contributed by atoms with E-state index in [9.17, 15) is 4.79 Å². The topological polar surface area (TPSA) is 85.7 Å². The molecule has 0 fully saturated rings. The minimum atomic E-state index is -0.169. The average molecular weight is 444 g/mol. The van der Waals surface area contributed by atoms with Gasteiger partial charge in [0.2, 0.25) is 0 Å². The number of aryl methyl sites for hydroxylation is 2. The van der Waals surface area contributed by atoms with Gasteiger partial charge in [0, 0.05) is 22.8 Å². The fourth-order valence-electron chi connectivity index (χ4n) is 3.89. The van der Waals surface area contributed by atoms with Gasteiger partial charge in [0.15, 0.2) is 11.5 Å². The lowest BCUT2D eigenvalue weighted by atomic mass is 9.99. The van der Waals surface area contributed by atoms with Crippen molar-refractivity contribution in [1.82, 2.24) is 23.9 Å². The monoisotopic (exact) mass is 443 g/mol. The number of hydrogen-bond donors (Lipinski definition) is 1. The van der Waals surface area contributed by atoms with Crippen LogP contribution in [0.25, 0.3) is 39.4 Å². The summed E-state index contributed by atoms with van der Waals surface area (Å²) in [5, 5.41) is 0. The summed E-state index contributed by atoms with van der Waals surface area (Å²) in [6.07, 6.45) is 0. The molecule has 0 spiro atoms. The van der Waals surface area contributed by atoms with E-state index < -0.39 is 0 Å². The molecule has 0 saturated carbocycles. The molecule has 8 heteroatoms. The smallest absolute Gasteiger partial charge is 0.323 e. The fourth-order valence-corrected chi connectivity index (χ4v) is 4.35. The number of hydrogen-bond acceptors (Lipinski definition) is 6. The van der Waals surface area contributed by atoms with Crippen molar-refractivity contribution >= 4 is 22.7 Å². The number of nitrogens with zero attached hydrogens (tertiary/aromatic N) is 4. The van der Waals surface area contributed by atoms with E-state index in [1.807, 2.05) is 60.0 Å². The van der Waals surface area contributed by atoms with Gasteiger partial charge in [-0.1, -0.05) is 36.4 Å². The lowest BCUT2D eigenvalue weighted by Gasteiger charge is -2.11. The summed E-state index contributed by atoms with van der Waals surface area (Å²) in [6, 6.07) is 16.5. The number of rotatable bonds is 4. The summed E-state index contributed by atoms with van der Waals surface area (Å²) in [5.41, 5.74) is 8.62. The molecule has 0 radical (unpaired) electrons. The zero-order chi connectivity index (χ0) is 22.4. The maximum absolute atomic E-state index is 11.6. The van der Waals surface area contributed by atoms with Crippen molar-refractivity contribution in [3.8, 4) is 34.2 Å². The van der Waals surface area contributed by atoms with Gasteiger partial charge in [-0.2, -0.15) is 9.36 Å². The zero-order valence-electron chi connectivity index (χ0n) is 18.1. The molecule has 5 rings (SSSR count). The molecule has 5 aromatic rings. The number of imidazole rings is 1. The summed E-state index contributed by atoms with van der Waals surface area (Å²) in [6.45, 7) is 6.13. The van der Waals surface area contributed by atoms with Crippen molar-refractivity contribution in [2.24, 2.45) is 0 Å². The van der Waals surface area contributed by atoms with Crippen molar-refractivity contribution in [3.63, 3.8) is 0 Å². The van der Waals surface area contributed by atoms with E-state index in [4.69, 9.17) is 9.72 Å². The molecule has 0 atom stereocenters. The van der Waals surface area contributed by atoms with Gasteiger partial charge in [-0.05, 0) is 55.2 Å². The van der Waals surface area contributed by atoms with Gasteiger partial charge in [0.25, 0.3) is 0 Å². The number of fused-ring (bicyclic) bond motifs is 1. The lowest BCUT2D eigenvalue weighted by Crippen LogP contribution is -2.01. The SMILES string of the molecule is COc1nc2c(C)c(C)c(C)nc2n1-c1ccc(-c2ccccc2-c2nsc(=O)[nH]2)cc1. The molecular weight excluding hydrogens is 422 g/mol. The molecule has 3 aromatic heterocycles. The molecule has 0 amide bonds. The van der Waals surface area contributed by atoms with Gasteiger partial charge in [-0.15, -0.1) is 0 Å². The van der Waals surface area contributed by atoms with E-state index >= 15 is 0 Å². The van der Waals surface area contributed by atoms with Gasteiger partial charge in [-0.25, -0.2) is 9.55 Å². The van der Waals surface area contributed by atoms with Gasteiger partial charge in [0.05, 0.1) is 12.8 Å². The molecule has 0 aliphatic rings. The Kier molecular flexibility index (Phi) is 4.86. The second-order valence-corrected chi connectivity index (χ2v) is 8.33. The number of H-pyrrole nitrogens is 1. The van der Waals surface area contributed by atoms with E-state index in [1.165, 1.54) is 0 Å². The Hall–Kier alpha value is -3.78. The highest BCUT2D eigenvalue weighted by Gasteiger charge is 2.19. The Labute approximate surface area is 188 Å². The number of ether oxygens (including phenoxy) is 1. The predicted molar refractivity (Wildman–Crippen MR) is 127 cm³/mol. The second kappa shape index (κ2) is 7.72. The number of benzene rings is 2. The molecule has 7 nitrogen and oxygen atoms in total. The van der Waals surface area contributed by atoms with Crippen LogP contribution < -0.4 is 9.61 Å². The number of methoxy groups -OCH3 is 1. The van der Waals surface area contributed by atoms with Crippen LogP contribution in [0.2, 0.25) is 0 Å². The molecule has 2 aromatic carbocycles. The van der Waals surface area contributed by atoms with Crippen LogP contribution in [0.4, 0.5) is 0 Å². The van der Waals surface area contributed by atoms with E-state index in [1.54, 1.807) is 7.11 Å². The van der Waals surface area contributed by atoms with Gasteiger partial charge < -0.3 is 4.74 Å². The third kappa shape index (κ3) is 3.20. The maximum Gasteiger partial charge on any atom is 0.323 e. The first-order chi connectivity index (χ1) is 15.5. The van der Waals surface area contributed by atoms with E-state index in [-0.39, 0.29) is 4.87 Å². The Morgan fingerprint density at radius 3 is 2.31 bits per heavy atom. The summed E-state index contributed by atoms with van der Waals surface area (Å²) in [5.74, 6) is 0.576. The molecule has 3 heterocycles. The van der Waals surface area contributed by atoms with Crippen LogP contribution in [0.3, 0.4) is 0 Å². The standard InChI is InChI=1S/C24H21N5O2S/c1-13-14(2)20-22(25-15(13)3)29(23(26-20)31-4)17-11-9-16(10-12-17)18-7-5-6-8-19(18)21-27-24(30)32-28-21/h5-12H,1-4H3,(H,27,28,30). The summed E-state index contributed by atoms with van der Waals surface area (Å²) in [4.78, 5) is 23.7. The largest absolute Gasteiger partial charge is 0.468 e. The molecule has 160 valence electrons. The van der Waals surface area contributed by atoms with Crippen molar-refractivity contribution in [1.29, 1.82) is 0 Å². The Balaban J connectivity index is 1.63. The zero-order valence-corrected chi connectivity index (χ0v) is 18.9. The third-order valence-electron chi connectivity index (χ3n) is 5.80. The van der Waals surface area contributed by atoms with Crippen LogP contribution in [-0.4, -0.2) is 31.0 Å². The van der Waals surface area contributed by atoms with Crippen LogP contribution in [0.5, 0.6) is 6.01 Å². The van der Waals surface area contributed by atoms with Crippen molar-refractivity contribution in [3.05, 3.63) is 75.0 Å². The van der Waals surface area contributed by atoms with Gasteiger partial charge >= 0.3 is 10.9 Å². The number of aromatic nitrogens is 5. The summed E-state index contributed by atoms with van der Waals surface area (Å²) >= 11 is 0.920. The highest BCUT2D eigenvalue weighted by atomic mass is 32.1. The molecule has 0 bridgehead atoms. The average Bonchev–Trinajstić information content (AvgIpc) is 3.41. The highest BCUT2D eigenvalue weighted by Crippen LogP contribution is 2.33. The summed E-state index contributed by atoms with van der Waals surface area (Å²) < 4.78 is 11.8. The minimum absolute atomic E-state index is 0.169. The molecular formula is C24H21N5O2S. The van der Waals surface area contributed by atoms with Gasteiger partial charge in [0.1, 0.15) is 5.52 Å². The quantitative estimate of drug-likeness (QED) is 0.430. The van der Waals surface area contributed by atoms with Crippen LogP contribution in [0.15, 0.2) is 53.3 Å². The van der Waals surface area contributed by atoms with E-state index in [0.29, 0.717) is 11.8 Å².